The Morgan fingerprint density at radius 3 is 2.35 bits per heavy atom. The van der Waals surface area contributed by atoms with Crippen LogP contribution in [0.3, 0.4) is 0 Å². The number of hydrogen-bond acceptors (Lipinski definition) is 6. The van der Waals surface area contributed by atoms with Crippen LogP contribution in [0.4, 0.5) is 4.79 Å². The summed E-state index contributed by atoms with van der Waals surface area (Å²) in [6, 6.07) is 12.2. The van der Waals surface area contributed by atoms with Crippen LogP contribution in [-0.4, -0.2) is 31.2 Å². The smallest absolute Gasteiger partial charge is 0.343 e. The van der Waals surface area contributed by atoms with Crippen molar-refractivity contribution in [2.45, 2.75) is 32.9 Å². The van der Waals surface area contributed by atoms with Crippen molar-refractivity contribution in [1.29, 1.82) is 0 Å². The summed E-state index contributed by atoms with van der Waals surface area (Å²) in [7, 11) is 1.44. The summed E-state index contributed by atoms with van der Waals surface area (Å²) >= 11 is 0. The molecule has 1 heterocycles. The highest BCUT2D eigenvalue weighted by Crippen LogP contribution is 2.35. The van der Waals surface area contributed by atoms with Crippen molar-refractivity contribution < 1.29 is 28.6 Å². The molecule has 1 aliphatic rings. The van der Waals surface area contributed by atoms with Crippen molar-refractivity contribution in [3.05, 3.63) is 70.9 Å². The van der Waals surface area contributed by atoms with Crippen LogP contribution in [0.25, 0.3) is 0 Å². The number of allylic oxidation sites excluding steroid dienone is 1. The number of methoxy groups -OCH3 is 1. The van der Waals surface area contributed by atoms with Crippen molar-refractivity contribution in [2.24, 2.45) is 0 Å². The minimum absolute atomic E-state index is 0.215. The lowest BCUT2D eigenvalue weighted by atomic mass is 9.95. The average Bonchev–Trinajstić information content (AvgIpc) is 2.73. The fourth-order valence-electron chi connectivity index (χ4n) is 3.17. The van der Waals surface area contributed by atoms with E-state index >= 15 is 0 Å². The van der Waals surface area contributed by atoms with Crippen molar-refractivity contribution in [3.8, 4) is 11.5 Å². The number of urea groups is 1. The second-order valence-electron chi connectivity index (χ2n) is 7.19. The maximum absolute atomic E-state index is 12.7. The van der Waals surface area contributed by atoms with Gasteiger partial charge in [0, 0.05) is 5.70 Å². The molecule has 8 nitrogen and oxygen atoms in total. The van der Waals surface area contributed by atoms with Crippen LogP contribution in [0.2, 0.25) is 0 Å². The van der Waals surface area contributed by atoms with Gasteiger partial charge in [-0.05, 0) is 50.6 Å². The highest BCUT2D eigenvalue weighted by molar-refractivity contribution is 5.95. The maximum Gasteiger partial charge on any atom is 0.343 e. The molecular formula is C23H24N2O6. The zero-order valence-corrected chi connectivity index (χ0v) is 17.7. The highest BCUT2D eigenvalue weighted by atomic mass is 16.6. The van der Waals surface area contributed by atoms with Gasteiger partial charge in [-0.3, -0.25) is 0 Å². The van der Waals surface area contributed by atoms with Crippen LogP contribution in [0, 0.1) is 0 Å². The Kier molecular flexibility index (Phi) is 6.59. The molecule has 0 fully saturated rings. The van der Waals surface area contributed by atoms with E-state index in [9.17, 15) is 14.4 Å². The molecule has 162 valence electrons. The quantitative estimate of drug-likeness (QED) is 0.544. The minimum Gasteiger partial charge on any atom is -0.493 e. The monoisotopic (exact) mass is 424 g/mol. The molecule has 2 aromatic carbocycles. The van der Waals surface area contributed by atoms with Gasteiger partial charge in [0.25, 0.3) is 0 Å². The fraction of sp³-hybridized carbons (Fsp3) is 0.261. The number of nitrogens with one attached hydrogen (secondary N) is 2. The first-order valence-corrected chi connectivity index (χ1v) is 9.74. The molecule has 0 aromatic heterocycles. The summed E-state index contributed by atoms with van der Waals surface area (Å²) in [5.41, 5.74) is 1.65. The van der Waals surface area contributed by atoms with Gasteiger partial charge in [-0.2, -0.15) is 0 Å². The van der Waals surface area contributed by atoms with E-state index in [1.54, 1.807) is 69.3 Å². The van der Waals surface area contributed by atoms with Crippen molar-refractivity contribution in [2.75, 3.05) is 7.11 Å². The van der Waals surface area contributed by atoms with E-state index in [4.69, 9.17) is 14.2 Å². The Morgan fingerprint density at radius 2 is 1.71 bits per heavy atom. The lowest BCUT2D eigenvalue weighted by Gasteiger charge is -2.29. The molecule has 2 amide bonds. The van der Waals surface area contributed by atoms with E-state index in [1.807, 2.05) is 0 Å². The largest absolute Gasteiger partial charge is 0.493 e. The van der Waals surface area contributed by atoms with E-state index in [0.29, 0.717) is 16.8 Å². The van der Waals surface area contributed by atoms with Gasteiger partial charge in [-0.25, -0.2) is 14.4 Å². The molecule has 8 heteroatoms. The van der Waals surface area contributed by atoms with Crippen molar-refractivity contribution >= 4 is 18.0 Å². The molecule has 31 heavy (non-hydrogen) atoms. The van der Waals surface area contributed by atoms with Crippen LogP contribution in [0.15, 0.2) is 59.8 Å². The van der Waals surface area contributed by atoms with Gasteiger partial charge in [0.05, 0.1) is 30.4 Å². The average molecular weight is 424 g/mol. The SMILES string of the molecule is COc1cc(C2NC(=O)NC(C)=C2C(=O)OC(C)C)ccc1OC(=O)c1ccccc1. The van der Waals surface area contributed by atoms with E-state index in [-0.39, 0.29) is 23.2 Å². The zero-order valence-electron chi connectivity index (χ0n) is 17.7. The summed E-state index contributed by atoms with van der Waals surface area (Å²) in [6.45, 7) is 5.13. The third-order valence-corrected chi connectivity index (χ3v) is 4.56. The first kappa shape index (κ1) is 21.9. The van der Waals surface area contributed by atoms with Crippen LogP contribution >= 0.6 is 0 Å². The normalized spacial score (nSPS) is 15.8. The summed E-state index contributed by atoms with van der Waals surface area (Å²) in [5.74, 6) is -0.571. The molecule has 1 atom stereocenters. The van der Waals surface area contributed by atoms with Gasteiger partial charge in [0.1, 0.15) is 0 Å². The Hall–Kier alpha value is -3.81. The number of esters is 2. The Labute approximate surface area is 180 Å². The zero-order chi connectivity index (χ0) is 22.5. The van der Waals surface area contributed by atoms with Gasteiger partial charge in [0.15, 0.2) is 11.5 Å². The first-order chi connectivity index (χ1) is 14.8. The van der Waals surface area contributed by atoms with Gasteiger partial charge in [-0.15, -0.1) is 0 Å². The lowest BCUT2D eigenvalue weighted by Crippen LogP contribution is -2.45. The molecule has 0 saturated heterocycles. The molecule has 2 aromatic rings. The summed E-state index contributed by atoms with van der Waals surface area (Å²) < 4.78 is 16.2. The van der Waals surface area contributed by atoms with Crippen molar-refractivity contribution in [3.63, 3.8) is 0 Å². The molecule has 0 radical (unpaired) electrons. The number of amides is 2. The number of carbonyl (C=O) groups is 3. The van der Waals surface area contributed by atoms with Crippen LogP contribution < -0.4 is 20.1 Å². The van der Waals surface area contributed by atoms with Gasteiger partial charge in [0.2, 0.25) is 0 Å². The van der Waals surface area contributed by atoms with Gasteiger partial charge < -0.3 is 24.8 Å². The van der Waals surface area contributed by atoms with Gasteiger partial charge >= 0.3 is 18.0 Å². The summed E-state index contributed by atoms with van der Waals surface area (Å²) in [4.78, 5) is 37.1. The lowest BCUT2D eigenvalue weighted by molar-refractivity contribution is -0.143. The predicted molar refractivity (Wildman–Crippen MR) is 113 cm³/mol. The second-order valence-corrected chi connectivity index (χ2v) is 7.19. The molecule has 0 spiro atoms. The third-order valence-electron chi connectivity index (χ3n) is 4.56. The molecular weight excluding hydrogens is 400 g/mol. The first-order valence-electron chi connectivity index (χ1n) is 9.74. The number of benzene rings is 2. The predicted octanol–water partition coefficient (Wildman–Crippen LogP) is 3.49. The maximum atomic E-state index is 12.7. The van der Waals surface area contributed by atoms with Gasteiger partial charge in [-0.1, -0.05) is 24.3 Å². The number of hydrogen-bond donors (Lipinski definition) is 2. The fourth-order valence-corrected chi connectivity index (χ4v) is 3.17. The van der Waals surface area contributed by atoms with Crippen LogP contribution in [0.1, 0.15) is 42.7 Å². The third kappa shape index (κ3) is 5.03. The van der Waals surface area contributed by atoms with E-state index in [1.165, 1.54) is 7.11 Å². The molecule has 0 aliphatic carbocycles. The Morgan fingerprint density at radius 1 is 1.00 bits per heavy atom. The summed E-state index contributed by atoms with van der Waals surface area (Å²) in [5, 5.41) is 5.33. The number of rotatable bonds is 6. The molecule has 0 bridgehead atoms. The van der Waals surface area contributed by atoms with Crippen LogP contribution in [0.5, 0.6) is 11.5 Å². The molecule has 1 aliphatic heterocycles. The topological polar surface area (TPSA) is 103 Å². The Balaban J connectivity index is 1.92. The Bertz CT molecular complexity index is 1030. The summed E-state index contributed by atoms with van der Waals surface area (Å²) in [6.07, 6.45) is -0.319. The molecule has 0 saturated carbocycles. The second kappa shape index (κ2) is 9.34. The van der Waals surface area contributed by atoms with E-state index < -0.39 is 24.0 Å². The van der Waals surface area contributed by atoms with E-state index in [0.717, 1.165) is 0 Å². The molecule has 2 N–H and O–H groups in total. The molecule has 1 unspecified atom stereocenters. The highest BCUT2D eigenvalue weighted by Gasteiger charge is 2.33. The van der Waals surface area contributed by atoms with E-state index in [2.05, 4.69) is 10.6 Å². The standard InChI is InChI=1S/C23H24N2O6/c1-13(2)30-22(27)19-14(3)24-23(28)25-20(19)16-10-11-17(18(12-16)29-4)31-21(26)15-8-6-5-7-9-15/h5-13,20H,1-4H3,(H2,24,25,28). The molecule has 3 rings (SSSR count). The number of carbonyl (C=O) groups excluding carboxylic acids is 3. The van der Waals surface area contributed by atoms with Crippen molar-refractivity contribution in [1.82, 2.24) is 10.6 Å². The number of ether oxygens (including phenoxy) is 3. The van der Waals surface area contributed by atoms with Crippen LogP contribution in [-0.2, 0) is 9.53 Å². The minimum atomic E-state index is -0.757.